The van der Waals surface area contributed by atoms with E-state index in [1.54, 1.807) is 18.2 Å². The maximum Gasteiger partial charge on any atom is 0.268 e. The van der Waals surface area contributed by atoms with Gasteiger partial charge in [-0.15, -0.1) is 0 Å². The number of hydrogen-bond acceptors (Lipinski definition) is 4. The van der Waals surface area contributed by atoms with Crippen LogP contribution in [0.1, 0.15) is 43.0 Å². The molecule has 1 aromatic rings. The van der Waals surface area contributed by atoms with Gasteiger partial charge < -0.3 is 9.64 Å². The van der Waals surface area contributed by atoms with E-state index >= 15 is 0 Å². The highest BCUT2D eigenvalue weighted by molar-refractivity contribution is 6.04. The van der Waals surface area contributed by atoms with Gasteiger partial charge in [0.05, 0.1) is 5.69 Å². The van der Waals surface area contributed by atoms with Gasteiger partial charge >= 0.3 is 0 Å². The summed E-state index contributed by atoms with van der Waals surface area (Å²) in [6.07, 6.45) is 3.82. The molecule has 1 aromatic carbocycles. The number of piperidine rings is 1. The van der Waals surface area contributed by atoms with Crippen molar-refractivity contribution in [2.24, 2.45) is 0 Å². The lowest BCUT2D eigenvalue weighted by Crippen LogP contribution is -2.51. The molecule has 1 fully saturated rings. The van der Waals surface area contributed by atoms with Crippen LogP contribution in [0.25, 0.3) is 0 Å². The van der Waals surface area contributed by atoms with E-state index in [2.05, 4.69) is 0 Å². The van der Waals surface area contributed by atoms with E-state index in [4.69, 9.17) is 4.74 Å². The first-order valence-electron chi connectivity index (χ1n) is 8.49. The monoisotopic (exact) mass is 330 g/mol. The molecule has 0 saturated carbocycles. The lowest BCUT2D eigenvalue weighted by Gasteiger charge is -2.35. The number of hydrogen-bond donors (Lipinski definition) is 0. The fourth-order valence-electron chi connectivity index (χ4n) is 3.21. The zero-order valence-electron chi connectivity index (χ0n) is 13.9. The second-order valence-corrected chi connectivity index (χ2v) is 6.23. The van der Waals surface area contributed by atoms with Crippen LogP contribution in [-0.4, -0.2) is 48.7 Å². The fraction of sp³-hybridized carbons (Fsp3) is 0.500. The number of amides is 2. The molecular weight excluding hydrogens is 308 g/mol. The van der Waals surface area contributed by atoms with Crippen LogP contribution < -0.4 is 9.64 Å². The van der Waals surface area contributed by atoms with Crippen LogP contribution in [0.2, 0.25) is 0 Å². The maximum atomic E-state index is 12.7. The Morgan fingerprint density at radius 2 is 2.04 bits per heavy atom. The zero-order chi connectivity index (χ0) is 17.1. The molecule has 0 spiro atoms. The highest BCUT2D eigenvalue weighted by atomic mass is 16.5. The number of anilines is 1. The molecular formula is C18H22N2O4. The van der Waals surface area contributed by atoms with Gasteiger partial charge in [-0.3, -0.25) is 19.3 Å². The molecule has 0 bridgehead atoms. The van der Waals surface area contributed by atoms with Crippen molar-refractivity contribution in [3.8, 4) is 5.75 Å². The summed E-state index contributed by atoms with van der Waals surface area (Å²) in [6, 6.07) is 4.95. The summed E-state index contributed by atoms with van der Waals surface area (Å²) < 4.78 is 5.72. The second-order valence-electron chi connectivity index (χ2n) is 6.23. The predicted molar refractivity (Wildman–Crippen MR) is 89.3 cm³/mol. The van der Waals surface area contributed by atoms with E-state index < -0.39 is 6.10 Å². The minimum Gasteiger partial charge on any atom is -0.478 e. The predicted octanol–water partition coefficient (Wildman–Crippen LogP) is 2.02. The molecule has 1 atom stereocenters. The topological polar surface area (TPSA) is 66.9 Å². The number of aldehydes is 1. The molecule has 0 aliphatic carbocycles. The number of ether oxygens (including phenoxy) is 1. The first kappa shape index (κ1) is 16.5. The normalized spacial score (nSPS) is 20.4. The molecule has 0 aromatic heterocycles. The van der Waals surface area contributed by atoms with Crippen molar-refractivity contribution in [2.45, 2.75) is 38.7 Å². The first-order chi connectivity index (χ1) is 11.6. The third-order valence-corrected chi connectivity index (χ3v) is 4.59. The molecule has 1 unspecified atom stereocenters. The molecule has 2 aliphatic rings. The van der Waals surface area contributed by atoms with Crippen molar-refractivity contribution in [3.05, 3.63) is 23.8 Å². The van der Waals surface area contributed by atoms with Crippen LogP contribution >= 0.6 is 0 Å². The van der Waals surface area contributed by atoms with Crippen molar-refractivity contribution < 1.29 is 19.1 Å². The summed E-state index contributed by atoms with van der Waals surface area (Å²) >= 11 is 0. The van der Waals surface area contributed by atoms with Gasteiger partial charge in [-0.05, 0) is 43.9 Å². The summed E-state index contributed by atoms with van der Waals surface area (Å²) in [4.78, 5) is 39.6. The Labute approximate surface area is 141 Å². The van der Waals surface area contributed by atoms with E-state index in [1.165, 1.54) is 4.90 Å². The highest BCUT2D eigenvalue weighted by Crippen LogP contribution is 2.35. The van der Waals surface area contributed by atoms with E-state index in [-0.39, 0.29) is 18.4 Å². The summed E-state index contributed by atoms with van der Waals surface area (Å²) in [5.74, 6) is 0.263. The van der Waals surface area contributed by atoms with Crippen molar-refractivity contribution in [1.29, 1.82) is 0 Å². The molecule has 6 heteroatoms. The van der Waals surface area contributed by atoms with Crippen LogP contribution in [-0.2, 0) is 9.59 Å². The quantitative estimate of drug-likeness (QED) is 0.792. The van der Waals surface area contributed by atoms with E-state index in [0.717, 1.165) is 38.6 Å². The van der Waals surface area contributed by atoms with Crippen molar-refractivity contribution in [1.82, 2.24) is 4.90 Å². The average Bonchev–Trinajstić information content (AvgIpc) is 2.64. The summed E-state index contributed by atoms with van der Waals surface area (Å²) in [5.41, 5.74) is 0.954. The van der Waals surface area contributed by atoms with Gasteiger partial charge in [-0.1, -0.05) is 6.92 Å². The number of carbonyl (C=O) groups is 3. The Hall–Kier alpha value is -2.37. The number of fused-ring (bicyclic) bond motifs is 1. The second kappa shape index (κ2) is 7.03. The molecule has 0 radical (unpaired) electrons. The Morgan fingerprint density at radius 3 is 2.71 bits per heavy atom. The number of rotatable bonds is 4. The zero-order valence-corrected chi connectivity index (χ0v) is 13.9. The molecule has 2 aliphatic heterocycles. The third kappa shape index (κ3) is 3.13. The van der Waals surface area contributed by atoms with Gasteiger partial charge in [-0.25, -0.2) is 0 Å². The smallest absolute Gasteiger partial charge is 0.268 e. The van der Waals surface area contributed by atoms with E-state index in [0.29, 0.717) is 23.4 Å². The van der Waals surface area contributed by atoms with Gasteiger partial charge in [0.25, 0.3) is 5.91 Å². The summed E-state index contributed by atoms with van der Waals surface area (Å²) in [6.45, 7) is 3.36. The third-order valence-electron chi connectivity index (χ3n) is 4.59. The minimum atomic E-state index is -0.589. The summed E-state index contributed by atoms with van der Waals surface area (Å²) in [7, 11) is 0. The van der Waals surface area contributed by atoms with Crippen LogP contribution in [0, 0.1) is 0 Å². The van der Waals surface area contributed by atoms with E-state index in [1.807, 2.05) is 11.8 Å². The molecule has 3 rings (SSSR count). The minimum absolute atomic E-state index is 0.00595. The van der Waals surface area contributed by atoms with Gasteiger partial charge in [0, 0.05) is 18.7 Å². The van der Waals surface area contributed by atoms with Crippen LogP contribution in [0.3, 0.4) is 0 Å². The summed E-state index contributed by atoms with van der Waals surface area (Å²) in [5, 5.41) is 0. The molecule has 2 heterocycles. The standard InChI is InChI=1S/C18H22N2O4/c1-2-15-18(23)20(11-17(22)19-8-4-3-5-9-19)14-10-13(12-21)6-7-16(14)24-15/h6-7,10,12,15H,2-5,8-9,11H2,1H3. The molecule has 128 valence electrons. The largest absolute Gasteiger partial charge is 0.478 e. The van der Waals surface area contributed by atoms with Crippen molar-refractivity contribution in [2.75, 3.05) is 24.5 Å². The van der Waals surface area contributed by atoms with Crippen LogP contribution in [0.15, 0.2) is 18.2 Å². The fourth-order valence-corrected chi connectivity index (χ4v) is 3.21. The van der Waals surface area contributed by atoms with Crippen LogP contribution in [0.5, 0.6) is 5.75 Å². The van der Waals surface area contributed by atoms with Gasteiger partial charge in [-0.2, -0.15) is 0 Å². The van der Waals surface area contributed by atoms with Gasteiger partial charge in [0.2, 0.25) is 5.91 Å². The lowest BCUT2D eigenvalue weighted by molar-refractivity contribution is -0.134. The SMILES string of the molecule is CCC1Oc2ccc(C=O)cc2N(CC(=O)N2CCCCC2)C1=O. The highest BCUT2D eigenvalue weighted by Gasteiger charge is 2.35. The first-order valence-corrected chi connectivity index (χ1v) is 8.49. The van der Waals surface area contributed by atoms with Gasteiger partial charge in [0.15, 0.2) is 6.10 Å². The van der Waals surface area contributed by atoms with Gasteiger partial charge in [0.1, 0.15) is 18.6 Å². The Balaban J connectivity index is 1.88. The molecule has 6 nitrogen and oxygen atoms in total. The lowest BCUT2D eigenvalue weighted by atomic mass is 10.1. The average molecular weight is 330 g/mol. The Kier molecular flexibility index (Phi) is 4.83. The molecule has 24 heavy (non-hydrogen) atoms. The maximum absolute atomic E-state index is 12.7. The number of benzene rings is 1. The van der Waals surface area contributed by atoms with E-state index in [9.17, 15) is 14.4 Å². The molecule has 0 N–H and O–H groups in total. The molecule has 1 saturated heterocycles. The number of carbonyl (C=O) groups excluding carboxylic acids is 3. The molecule has 2 amide bonds. The van der Waals surface area contributed by atoms with Crippen LogP contribution in [0.4, 0.5) is 5.69 Å². The van der Waals surface area contributed by atoms with Crippen molar-refractivity contribution in [3.63, 3.8) is 0 Å². The Morgan fingerprint density at radius 1 is 1.29 bits per heavy atom. The Bertz CT molecular complexity index is 652. The number of likely N-dealkylation sites (tertiary alicyclic amines) is 1. The number of nitrogens with zero attached hydrogens (tertiary/aromatic N) is 2. The van der Waals surface area contributed by atoms with Crippen molar-refractivity contribution >= 4 is 23.8 Å².